The summed E-state index contributed by atoms with van der Waals surface area (Å²) in [5.41, 5.74) is 0.617. The third-order valence-corrected chi connectivity index (χ3v) is 4.85. The Kier molecular flexibility index (Phi) is 6.24. The van der Waals surface area contributed by atoms with Crippen LogP contribution in [-0.4, -0.2) is 43.1 Å². The van der Waals surface area contributed by atoms with E-state index in [1.165, 1.54) is 0 Å². The Bertz CT molecular complexity index is 908. The van der Waals surface area contributed by atoms with Crippen molar-refractivity contribution in [3.05, 3.63) is 54.6 Å². The SMILES string of the molecule is O=C1C[C@H](C(=O)Nc2ccc(Oc3ccccc3)cc2)NC(=NC[C@H]2CCCO2)N1. The topological polar surface area (TPSA) is 101 Å². The number of anilines is 1. The molecule has 8 heteroatoms. The van der Waals surface area contributed by atoms with Crippen molar-refractivity contribution >= 4 is 23.5 Å². The normalized spacial score (nSPS) is 22.3. The second-order valence-corrected chi connectivity index (χ2v) is 7.20. The molecule has 2 aliphatic rings. The molecule has 2 aromatic rings. The molecular weight excluding hydrogens is 384 g/mol. The molecule has 0 unspecified atom stereocenters. The van der Waals surface area contributed by atoms with Crippen LogP contribution >= 0.6 is 0 Å². The fourth-order valence-corrected chi connectivity index (χ4v) is 3.31. The van der Waals surface area contributed by atoms with Gasteiger partial charge in [-0.05, 0) is 49.2 Å². The number of nitrogens with zero attached hydrogens (tertiary/aromatic N) is 1. The molecule has 0 spiro atoms. The highest BCUT2D eigenvalue weighted by Crippen LogP contribution is 2.22. The van der Waals surface area contributed by atoms with Gasteiger partial charge in [0.15, 0.2) is 5.96 Å². The maximum Gasteiger partial charge on any atom is 0.247 e. The fraction of sp³-hybridized carbons (Fsp3) is 0.318. The fourth-order valence-electron chi connectivity index (χ4n) is 3.31. The molecule has 2 atom stereocenters. The predicted molar refractivity (Wildman–Crippen MR) is 113 cm³/mol. The van der Waals surface area contributed by atoms with Crippen LogP contribution in [0.3, 0.4) is 0 Å². The molecule has 0 radical (unpaired) electrons. The van der Waals surface area contributed by atoms with Crippen molar-refractivity contribution in [3.8, 4) is 11.5 Å². The first-order valence-electron chi connectivity index (χ1n) is 10.0. The zero-order chi connectivity index (χ0) is 20.8. The Balaban J connectivity index is 1.33. The average molecular weight is 408 g/mol. The van der Waals surface area contributed by atoms with Gasteiger partial charge < -0.3 is 20.1 Å². The first-order valence-corrected chi connectivity index (χ1v) is 10.0. The monoisotopic (exact) mass is 408 g/mol. The Morgan fingerprint density at radius 3 is 2.63 bits per heavy atom. The summed E-state index contributed by atoms with van der Waals surface area (Å²) in [5.74, 6) is 1.17. The van der Waals surface area contributed by atoms with E-state index >= 15 is 0 Å². The van der Waals surface area contributed by atoms with Crippen LogP contribution in [0.5, 0.6) is 11.5 Å². The van der Waals surface area contributed by atoms with Gasteiger partial charge in [0.1, 0.15) is 17.5 Å². The predicted octanol–water partition coefficient (Wildman–Crippen LogP) is 2.43. The van der Waals surface area contributed by atoms with Gasteiger partial charge in [-0.3, -0.25) is 19.9 Å². The van der Waals surface area contributed by atoms with E-state index in [1.54, 1.807) is 24.3 Å². The number of hydrogen-bond acceptors (Lipinski definition) is 5. The maximum atomic E-state index is 12.6. The van der Waals surface area contributed by atoms with Gasteiger partial charge in [-0.25, -0.2) is 0 Å². The summed E-state index contributed by atoms with van der Waals surface area (Å²) in [6.45, 7) is 1.20. The van der Waals surface area contributed by atoms with Gasteiger partial charge in [-0.1, -0.05) is 18.2 Å². The molecule has 0 aromatic heterocycles. The summed E-state index contributed by atoms with van der Waals surface area (Å²) >= 11 is 0. The minimum atomic E-state index is -0.692. The number of rotatable bonds is 6. The summed E-state index contributed by atoms with van der Waals surface area (Å²) < 4.78 is 11.3. The minimum Gasteiger partial charge on any atom is -0.457 e. The lowest BCUT2D eigenvalue weighted by Gasteiger charge is -2.25. The highest BCUT2D eigenvalue weighted by atomic mass is 16.5. The van der Waals surface area contributed by atoms with Crippen molar-refractivity contribution in [2.45, 2.75) is 31.4 Å². The van der Waals surface area contributed by atoms with E-state index in [4.69, 9.17) is 9.47 Å². The maximum absolute atomic E-state index is 12.6. The molecule has 0 aliphatic carbocycles. The summed E-state index contributed by atoms with van der Waals surface area (Å²) in [6.07, 6.45) is 2.09. The van der Waals surface area contributed by atoms with Crippen LogP contribution in [0.2, 0.25) is 0 Å². The van der Waals surface area contributed by atoms with Crippen LogP contribution in [0.1, 0.15) is 19.3 Å². The van der Waals surface area contributed by atoms with E-state index in [0.29, 0.717) is 23.9 Å². The molecular formula is C22H24N4O4. The Labute approximate surface area is 174 Å². The number of benzene rings is 2. The van der Waals surface area contributed by atoms with Gasteiger partial charge in [-0.15, -0.1) is 0 Å². The molecule has 2 fully saturated rings. The van der Waals surface area contributed by atoms with E-state index in [2.05, 4.69) is 20.9 Å². The van der Waals surface area contributed by atoms with Crippen LogP contribution in [0.25, 0.3) is 0 Å². The van der Waals surface area contributed by atoms with E-state index in [9.17, 15) is 9.59 Å². The molecule has 2 aromatic carbocycles. The van der Waals surface area contributed by atoms with Gasteiger partial charge >= 0.3 is 0 Å². The molecule has 2 aliphatic heterocycles. The summed E-state index contributed by atoms with van der Waals surface area (Å²) in [4.78, 5) is 29.0. The summed E-state index contributed by atoms with van der Waals surface area (Å²) in [5, 5.41) is 8.49. The highest BCUT2D eigenvalue weighted by Gasteiger charge is 2.28. The van der Waals surface area contributed by atoms with E-state index in [1.807, 2.05) is 30.3 Å². The lowest BCUT2D eigenvalue weighted by molar-refractivity contribution is -0.125. The Morgan fingerprint density at radius 2 is 1.90 bits per heavy atom. The van der Waals surface area contributed by atoms with Gasteiger partial charge in [0.25, 0.3) is 0 Å². The Hall–Kier alpha value is -3.39. The number of nitrogens with one attached hydrogen (secondary N) is 3. The third kappa shape index (κ3) is 5.36. The molecule has 2 saturated heterocycles. The van der Waals surface area contributed by atoms with Crippen LogP contribution in [0.15, 0.2) is 59.6 Å². The highest BCUT2D eigenvalue weighted by molar-refractivity contribution is 6.07. The van der Waals surface area contributed by atoms with Gasteiger partial charge in [0.05, 0.1) is 19.1 Å². The lowest BCUT2D eigenvalue weighted by Crippen LogP contribution is -2.57. The summed E-state index contributed by atoms with van der Waals surface area (Å²) in [6, 6.07) is 15.8. The quantitative estimate of drug-likeness (QED) is 0.682. The average Bonchev–Trinajstić information content (AvgIpc) is 3.28. The van der Waals surface area contributed by atoms with Crippen molar-refractivity contribution < 1.29 is 19.1 Å². The Morgan fingerprint density at radius 1 is 1.13 bits per heavy atom. The molecule has 30 heavy (non-hydrogen) atoms. The molecule has 8 nitrogen and oxygen atoms in total. The number of carbonyl (C=O) groups is 2. The standard InChI is InChI=1S/C22H24N4O4/c27-20-13-19(25-22(26-20)23-14-18-7-4-12-29-18)21(28)24-15-8-10-17(11-9-15)30-16-5-2-1-3-6-16/h1-3,5-6,8-11,18-19H,4,7,12-14H2,(H,24,28)(H2,23,25,26,27)/t18-,19-/m1/s1. The van der Waals surface area contributed by atoms with Crippen LogP contribution < -0.4 is 20.7 Å². The number of amides is 2. The number of para-hydroxylation sites is 1. The van der Waals surface area contributed by atoms with Gasteiger partial charge in [0, 0.05) is 12.3 Å². The van der Waals surface area contributed by atoms with Crippen molar-refractivity contribution in [1.29, 1.82) is 0 Å². The molecule has 4 rings (SSSR count). The van der Waals surface area contributed by atoms with Crippen molar-refractivity contribution in [2.24, 2.45) is 4.99 Å². The molecule has 156 valence electrons. The van der Waals surface area contributed by atoms with E-state index < -0.39 is 6.04 Å². The third-order valence-electron chi connectivity index (χ3n) is 4.85. The largest absolute Gasteiger partial charge is 0.457 e. The minimum absolute atomic E-state index is 0.0417. The first kappa shape index (κ1) is 19.9. The molecule has 0 bridgehead atoms. The van der Waals surface area contributed by atoms with Crippen molar-refractivity contribution in [3.63, 3.8) is 0 Å². The second kappa shape index (κ2) is 9.41. The molecule has 0 saturated carbocycles. The van der Waals surface area contributed by atoms with Gasteiger partial charge in [-0.2, -0.15) is 0 Å². The molecule has 3 N–H and O–H groups in total. The smallest absolute Gasteiger partial charge is 0.247 e. The van der Waals surface area contributed by atoms with E-state index in [0.717, 1.165) is 25.2 Å². The number of aliphatic imine (C=N–C) groups is 1. The van der Waals surface area contributed by atoms with Crippen molar-refractivity contribution in [1.82, 2.24) is 10.6 Å². The van der Waals surface area contributed by atoms with Crippen molar-refractivity contribution in [2.75, 3.05) is 18.5 Å². The molecule has 2 heterocycles. The van der Waals surface area contributed by atoms with Crippen LogP contribution in [0.4, 0.5) is 5.69 Å². The van der Waals surface area contributed by atoms with E-state index in [-0.39, 0.29) is 24.3 Å². The van der Waals surface area contributed by atoms with Crippen LogP contribution in [-0.2, 0) is 14.3 Å². The first-order chi connectivity index (χ1) is 14.7. The molecule has 2 amide bonds. The number of ether oxygens (including phenoxy) is 2. The number of hydrogen-bond donors (Lipinski definition) is 3. The van der Waals surface area contributed by atoms with Crippen LogP contribution in [0, 0.1) is 0 Å². The number of carbonyl (C=O) groups excluding carboxylic acids is 2. The number of guanidine groups is 1. The summed E-state index contributed by atoms with van der Waals surface area (Å²) in [7, 11) is 0. The van der Waals surface area contributed by atoms with Gasteiger partial charge in [0.2, 0.25) is 11.8 Å². The zero-order valence-corrected chi connectivity index (χ0v) is 16.5. The zero-order valence-electron chi connectivity index (χ0n) is 16.5. The second-order valence-electron chi connectivity index (χ2n) is 7.20. The lowest BCUT2D eigenvalue weighted by atomic mass is 10.1.